The van der Waals surface area contributed by atoms with E-state index in [2.05, 4.69) is 9.73 Å². The first-order valence-corrected chi connectivity index (χ1v) is 7.11. The molecule has 1 aromatic carbocycles. The summed E-state index contributed by atoms with van der Waals surface area (Å²) in [7, 11) is 0. The Kier molecular flexibility index (Phi) is 3.46. The van der Waals surface area contributed by atoms with Gasteiger partial charge < -0.3 is 15.2 Å². The molecule has 1 aliphatic heterocycles. The quantitative estimate of drug-likeness (QED) is 0.863. The first-order chi connectivity index (χ1) is 10.6. The zero-order chi connectivity index (χ0) is 16.9. The molecule has 4 nitrogen and oxygen atoms in total. The minimum absolute atomic E-state index is 0.155. The number of hydrogen-bond donors (Lipinski definition) is 1. The van der Waals surface area contributed by atoms with E-state index in [0.29, 0.717) is 0 Å². The van der Waals surface area contributed by atoms with Crippen LogP contribution in [0.5, 0.6) is 5.75 Å². The van der Waals surface area contributed by atoms with Crippen LogP contribution in [0.15, 0.2) is 29.3 Å². The zero-order valence-corrected chi connectivity index (χ0v) is 12.4. The number of ether oxygens (including phenoxy) is 2. The molecule has 23 heavy (non-hydrogen) atoms. The summed E-state index contributed by atoms with van der Waals surface area (Å²) in [6.45, 7) is 0.215. The van der Waals surface area contributed by atoms with Crippen molar-refractivity contribution in [3.63, 3.8) is 0 Å². The van der Waals surface area contributed by atoms with Crippen LogP contribution in [0.4, 0.5) is 17.6 Å². The van der Waals surface area contributed by atoms with Crippen LogP contribution in [0.3, 0.4) is 0 Å². The summed E-state index contributed by atoms with van der Waals surface area (Å²) >= 11 is 0. The van der Waals surface area contributed by atoms with Crippen LogP contribution in [-0.2, 0) is 10.3 Å². The standard InChI is InChI=1S/C15H16F4N2O2/c1-13(15(18,19)8-23-12(20)21-13)9-3-2-4-11(5-9)22-7-10-6-14(10,16)17/h2-5,10H,6-8H2,1H3,(H2,20,21). The van der Waals surface area contributed by atoms with E-state index in [1.54, 1.807) is 0 Å². The Bertz CT molecular complexity index is 650. The van der Waals surface area contributed by atoms with Gasteiger partial charge in [0.05, 0.1) is 12.5 Å². The van der Waals surface area contributed by atoms with E-state index in [1.165, 1.54) is 31.2 Å². The fourth-order valence-electron chi connectivity index (χ4n) is 2.45. The van der Waals surface area contributed by atoms with E-state index < -0.39 is 29.9 Å². The molecule has 0 amide bonds. The fraction of sp³-hybridized carbons (Fsp3) is 0.533. The Hall–Kier alpha value is -1.99. The molecular weight excluding hydrogens is 316 g/mol. The van der Waals surface area contributed by atoms with Crippen molar-refractivity contribution in [3.8, 4) is 5.75 Å². The Morgan fingerprint density at radius 1 is 1.35 bits per heavy atom. The molecular formula is C15H16F4N2O2. The smallest absolute Gasteiger partial charge is 0.310 e. The number of amidine groups is 1. The van der Waals surface area contributed by atoms with Crippen LogP contribution >= 0.6 is 0 Å². The van der Waals surface area contributed by atoms with Gasteiger partial charge in [-0.1, -0.05) is 12.1 Å². The molecule has 0 aromatic heterocycles. The molecule has 1 fully saturated rings. The van der Waals surface area contributed by atoms with Crippen LogP contribution in [0.1, 0.15) is 18.9 Å². The normalized spacial score (nSPS) is 31.0. The predicted molar refractivity (Wildman–Crippen MR) is 74.9 cm³/mol. The van der Waals surface area contributed by atoms with E-state index in [1.807, 2.05) is 0 Å². The van der Waals surface area contributed by atoms with E-state index in [-0.39, 0.29) is 30.4 Å². The number of alkyl halides is 4. The average Bonchev–Trinajstić information content (AvgIpc) is 3.09. The molecule has 2 N–H and O–H groups in total. The minimum atomic E-state index is -3.27. The topological polar surface area (TPSA) is 56.8 Å². The van der Waals surface area contributed by atoms with Crippen molar-refractivity contribution in [1.82, 2.24) is 0 Å². The summed E-state index contributed by atoms with van der Waals surface area (Å²) in [5.74, 6) is -6.53. The largest absolute Gasteiger partial charge is 0.493 e. The van der Waals surface area contributed by atoms with Gasteiger partial charge in [0.1, 0.15) is 5.75 Å². The summed E-state index contributed by atoms with van der Waals surface area (Å²) in [6, 6.07) is 5.56. The number of rotatable bonds is 4. The zero-order valence-electron chi connectivity index (χ0n) is 12.4. The molecule has 3 rings (SSSR count). The van der Waals surface area contributed by atoms with Crippen LogP contribution in [-0.4, -0.2) is 31.1 Å². The van der Waals surface area contributed by atoms with E-state index in [9.17, 15) is 17.6 Å². The highest BCUT2D eigenvalue weighted by molar-refractivity contribution is 5.73. The maximum Gasteiger partial charge on any atom is 0.310 e. The second kappa shape index (κ2) is 5.01. The molecule has 0 radical (unpaired) electrons. The van der Waals surface area contributed by atoms with Crippen molar-refractivity contribution in [2.45, 2.75) is 30.7 Å². The highest BCUT2D eigenvalue weighted by atomic mass is 19.3. The molecule has 126 valence electrons. The van der Waals surface area contributed by atoms with Gasteiger partial charge in [-0.2, -0.15) is 8.78 Å². The Labute approximate surface area is 130 Å². The highest BCUT2D eigenvalue weighted by Gasteiger charge is 2.57. The molecule has 2 unspecified atom stereocenters. The van der Waals surface area contributed by atoms with Gasteiger partial charge in [-0.25, -0.2) is 13.8 Å². The van der Waals surface area contributed by atoms with Crippen LogP contribution in [0, 0.1) is 5.92 Å². The molecule has 0 bridgehead atoms. The van der Waals surface area contributed by atoms with Crippen molar-refractivity contribution in [1.29, 1.82) is 0 Å². The van der Waals surface area contributed by atoms with Gasteiger partial charge in [0.15, 0.2) is 12.1 Å². The van der Waals surface area contributed by atoms with Gasteiger partial charge in [-0.15, -0.1) is 0 Å². The third kappa shape index (κ3) is 2.82. The Morgan fingerprint density at radius 2 is 2.04 bits per heavy atom. The number of halogens is 4. The second-order valence-corrected chi connectivity index (χ2v) is 6.02. The number of nitrogens with two attached hydrogens (primary N) is 1. The molecule has 1 heterocycles. The van der Waals surface area contributed by atoms with Crippen LogP contribution in [0.25, 0.3) is 0 Å². The van der Waals surface area contributed by atoms with Gasteiger partial charge >= 0.3 is 5.92 Å². The van der Waals surface area contributed by atoms with Gasteiger partial charge in [0.2, 0.25) is 0 Å². The molecule has 0 spiro atoms. The average molecular weight is 332 g/mol. The predicted octanol–water partition coefficient (Wildman–Crippen LogP) is 2.92. The maximum absolute atomic E-state index is 14.2. The van der Waals surface area contributed by atoms with Crippen molar-refractivity contribution < 1.29 is 27.0 Å². The highest BCUT2D eigenvalue weighted by Crippen LogP contribution is 2.49. The van der Waals surface area contributed by atoms with Gasteiger partial charge in [0, 0.05) is 6.42 Å². The molecule has 1 aliphatic carbocycles. The number of hydrogen-bond acceptors (Lipinski definition) is 4. The first kappa shape index (κ1) is 15.9. The minimum Gasteiger partial charge on any atom is -0.493 e. The lowest BCUT2D eigenvalue weighted by Gasteiger charge is -2.37. The van der Waals surface area contributed by atoms with Crippen molar-refractivity contribution in [2.24, 2.45) is 16.6 Å². The summed E-state index contributed by atoms with van der Waals surface area (Å²) in [4.78, 5) is 3.76. The van der Waals surface area contributed by atoms with Crippen LogP contribution < -0.4 is 10.5 Å². The lowest BCUT2D eigenvalue weighted by molar-refractivity contribution is -0.116. The van der Waals surface area contributed by atoms with E-state index in [4.69, 9.17) is 10.5 Å². The Morgan fingerprint density at radius 3 is 2.70 bits per heavy atom. The summed E-state index contributed by atoms with van der Waals surface area (Å²) < 4.78 is 64.1. The third-order valence-corrected chi connectivity index (χ3v) is 4.25. The Balaban J connectivity index is 1.82. The summed E-state index contributed by atoms with van der Waals surface area (Å²) in [6.07, 6.45) is -0.208. The summed E-state index contributed by atoms with van der Waals surface area (Å²) in [5, 5.41) is 0. The molecule has 2 atom stereocenters. The molecule has 0 saturated heterocycles. The molecule has 2 aliphatic rings. The first-order valence-electron chi connectivity index (χ1n) is 7.11. The number of aliphatic imine (C=N–C) groups is 1. The molecule has 8 heteroatoms. The monoisotopic (exact) mass is 332 g/mol. The van der Waals surface area contributed by atoms with E-state index >= 15 is 0 Å². The molecule has 1 saturated carbocycles. The second-order valence-electron chi connectivity index (χ2n) is 6.02. The van der Waals surface area contributed by atoms with Gasteiger partial charge in [-0.3, -0.25) is 0 Å². The SMILES string of the molecule is CC1(c2cccc(OCC3CC3(F)F)c2)N=C(N)OCC1(F)F. The van der Waals surface area contributed by atoms with Crippen molar-refractivity contribution in [2.75, 3.05) is 13.2 Å². The lowest BCUT2D eigenvalue weighted by atomic mass is 9.85. The lowest BCUT2D eigenvalue weighted by Crippen LogP contribution is -2.50. The number of benzene rings is 1. The maximum atomic E-state index is 14.2. The molecule has 1 aromatic rings. The summed E-state index contributed by atoms with van der Waals surface area (Å²) in [5.41, 5.74) is 3.69. The fourth-order valence-corrected chi connectivity index (χ4v) is 2.45. The van der Waals surface area contributed by atoms with Gasteiger partial charge in [-0.05, 0) is 24.6 Å². The van der Waals surface area contributed by atoms with Crippen LogP contribution in [0.2, 0.25) is 0 Å². The van der Waals surface area contributed by atoms with Crippen molar-refractivity contribution >= 4 is 6.02 Å². The number of nitrogens with zero attached hydrogens (tertiary/aromatic N) is 1. The van der Waals surface area contributed by atoms with E-state index in [0.717, 1.165) is 0 Å². The van der Waals surface area contributed by atoms with Gasteiger partial charge in [0.25, 0.3) is 11.9 Å². The van der Waals surface area contributed by atoms with Crippen molar-refractivity contribution in [3.05, 3.63) is 29.8 Å². The third-order valence-electron chi connectivity index (χ3n) is 4.25.